The van der Waals surface area contributed by atoms with Crippen LogP contribution in [0.1, 0.15) is 66.5 Å². The summed E-state index contributed by atoms with van der Waals surface area (Å²) < 4.78 is 61.8. The van der Waals surface area contributed by atoms with Crippen molar-refractivity contribution in [2.24, 2.45) is 10.8 Å². The Morgan fingerprint density at radius 1 is 0.500 bits per heavy atom. The zero-order chi connectivity index (χ0) is 38.1. The molecule has 0 aliphatic rings. The van der Waals surface area contributed by atoms with Crippen molar-refractivity contribution in [1.82, 2.24) is 0 Å². The first-order valence-corrected chi connectivity index (χ1v) is 18.7. The van der Waals surface area contributed by atoms with Crippen LogP contribution in [0.25, 0.3) is 0 Å². The smallest absolute Gasteiger partial charge is 0.550 e. The third kappa shape index (κ3) is 11.2. The van der Waals surface area contributed by atoms with Gasteiger partial charge in [0.25, 0.3) is 0 Å². The van der Waals surface area contributed by atoms with Gasteiger partial charge in [0.1, 0.15) is 11.5 Å². The first-order valence-electron chi connectivity index (χ1n) is 15.4. The molecule has 0 N–H and O–H groups in total. The van der Waals surface area contributed by atoms with Gasteiger partial charge in [-0.2, -0.15) is 0 Å². The van der Waals surface area contributed by atoms with Crippen molar-refractivity contribution < 1.29 is 115 Å². The number of carbonyl (C=O) groups excluding carboxylic acids is 4. The van der Waals surface area contributed by atoms with Crippen molar-refractivity contribution in [3.05, 3.63) is 83.9 Å². The second-order valence-electron chi connectivity index (χ2n) is 14.4. The minimum atomic E-state index is -3.97. The van der Waals surface area contributed by atoms with E-state index in [0.29, 0.717) is 11.1 Å². The molecule has 0 saturated carbocycles. The summed E-state index contributed by atoms with van der Waals surface area (Å²) in [5, 5.41) is 22.6. The molecule has 0 unspecified atom stereocenters. The fourth-order valence-corrected chi connectivity index (χ4v) is 8.24. The monoisotopic (exact) mass is 774 g/mol. The van der Waals surface area contributed by atoms with E-state index in [1.54, 1.807) is 52.0 Å². The summed E-state index contributed by atoms with van der Waals surface area (Å²) in [7, 11) is -7.94. The minimum Gasteiger partial charge on any atom is -0.550 e. The van der Waals surface area contributed by atoms with Crippen LogP contribution in [0.2, 0.25) is 0 Å². The molecule has 0 amide bonds. The third-order valence-electron chi connectivity index (χ3n) is 8.34. The van der Waals surface area contributed by atoms with E-state index in [0.717, 1.165) is 0 Å². The molecule has 0 aliphatic heterocycles. The van der Waals surface area contributed by atoms with E-state index in [-0.39, 0.29) is 80.4 Å². The average Bonchev–Trinajstić information content (AvgIpc) is 3.00. The Balaban J connectivity index is 0.00000676. The Morgan fingerprint density at radius 2 is 0.750 bits per heavy atom. The SMILES string of the molecule is CC(C)(CS(=O)(=O)c1ccc(OC(=O)C(C)(C)c2ccc(C(C)(C)C(=O)Oc3ccc(S(=O)(=O)CC(C)(C)C(=O)[O-])cc3)cc2)cc1)C(=O)[O-].[Na+].[Na+]. The van der Waals surface area contributed by atoms with E-state index in [2.05, 4.69) is 0 Å². The molecule has 0 saturated heterocycles. The Hall–Kier alpha value is -2.56. The number of sulfone groups is 2. The van der Waals surface area contributed by atoms with Gasteiger partial charge in [-0.3, -0.25) is 9.59 Å². The van der Waals surface area contributed by atoms with Crippen molar-refractivity contribution in [2.45, 2.75) is 76.0 Å². The quantitative estimate of drug-likeness (QED) is 0.0893. The third-order valence-corrected chi connectivity index (χ3v) is 12.5. The molecule has 270 valence electrons. The number of esters is 2. The van der Waals surface area contributed by atoms with Gasteiger partial charge in [-0.05, 0) is 87.4 Å². The summed E-state index contributed by atoms with van der Waals surface area (Å²) in [6.45, 7) is 11.5. The van der Waals surface area contributed by atoms with Crippen molar-refractivity contribution in [2.75, 3.05) is 11.5 Å². The van der Waals surface area contributed by atoms with Crippen LogP contribution in [-0.2, 0) is 49.7 Å². The summed E-state index contributed by atoms with van der Waals surface area (Å²) in [6, 6.07) is 16.7. The van der Waals surface area contributed by atoms with Crippen LogP contribution in [0.5, 0.6) is 11.5 Å². The van der Waals surface area contributed by atoms with Crippen molar-refractivity contribution in [1.29, 1.82) is 0 Å². The Kier molecular flexibility index (Phi) is 15.8. The second-order valence-corrected chi connectivity index (χ2v) is 18.4. The van der Waals surface area contributed by atoms with Crippen LogP contribution in [0, 0.1) is 10.8 Å². The largest absolute Gasteiger partial charge is 1.00 e. The molecule has 0 radical (unpaired) electrons. The molecule has 0 spiro atoms. The number of carboxylic acid groups (broad SMARTS) is 2. The molecule has 12 nitrogen and oxygen atoms in total. The van der Waals surface area contributed by atoms with Gasteiger partial charge in [0.2, 0.25) is 0 Å². The predicted molar refractivity (Wildman–Crippen MR) is 178 cm³/mol. The zero-order valence-corrected chi connectivity index (χ0v) is 36.7. The summed E-state index contributed by atoms with van der Waals surface area (Å²) in [6.07, 6.45) is 0. The Bertz CT molecular complexity index is 1850. The zero-order valence-electron chi connectivity index (χ0n) is 31.1. The molecule has 3 aromatic carbocycles. The molecule has 0 bridgehead atoms. The number of carbonyl (C=O) groups is 4. The first kappa shape index (κ1) is 47.5. The molecular weight excluding hydrogens is 734 g/mol. The molecule has 0 fully saturated rings. The predicted octanol–water partition coefficient (Wildman–Crippen LogP) is -3.44. The van der Waals surface area contributed by atoms with E-state index >= 15 is 0 Å². The van der Waals surface area contributed by atoms with Gasteiger partial charge in [-0.25, -0.2) is 16.8 Å². The molecule has 3 aromatic rings. The number of hydrogen-bond donors (Lipinski definition) is 0. The summed E-state index contributed by atoms with van der Waals surface area (Å²) in [5.41, 5.74) is -4.46. The fraction of sp³-hybridized carbons (Fsp3) is 0.389. The van der Waals surface area contributed by atoms with Gasteiger partial charge in [-0.15, -0.1) is 0 Å². The van der Waals surface area contributed by atoms with Crippen LogP contribution in [-0.4, -0.2) is 52.2 Å². The number of hydrogen-bond acceptors (Lipinski definition) is 12. The number of ether oxygens (including phenoxy) is 2. The average molecular weight is 775 g/mol. The summed E-state index contributed by atoms with van der Waals surface area (Å²) in [4.78, 5) is 48.7. The molecule has 0 aliphatic carbocycles. The molecule has 52 heavy (non-hydrogen) atoms. The standard InChI is InChI=1S/C36H42O12S2.2Na/c1-33(2,29(37)38)21-49(43,44)27-17-13-25(14-18-27)47-31(41)35(5,6)23-9-11-24(12-10-23)36(7,8)32(42)48-26-15-19-28(20-16-26)50(45,46)22-34(3,4)30(39)40;;/h9-20H,21-22H2,1-8H3,(H,37,38)(H,39,40);;/q;2*+1/p-2. The minimum absolute atomic E-state index is 0. The fourth-order valence-electron chi connectivity index (χ4n) is 4.67. The van der Waals surface area contributed by atoms with Crippen molar-refractivity contribution in [3.8, 4) is 11.5 Å². The molecule has 0 atom stereocenters. The molecule has 3 rings (SSSR count). The number of carboxylic acids is 2. The first-order chi connectivity index (χ1) is 22.7. The van der Waals surface area contributed by atoms with E-state index < -0.39 is 76.7 Å². The van der Waals surface area contributed by atoms with Gasteiger partial charge in [-0.1, -0.05) is 52.0 Å². The molecule has 0 aromatic heterocycles. The number of benzene rings is 3. The Labute approximate surface area is 349 Å². The van der Waals surface area contributed by atoms with Gasteiger partial charge in [0, 0.05) is 22.8 Å². The van der Waals surface area contributed by atoms with Crippen LogP contribution in [0.4, 0.5) is 0 Å². The topological polar surface area (TPSA) is 201 Å². The maximum atomic E-state index is 13.2. The van der Waals surface area contributed by atoms with Crippen LogP contribution >= 0.6 is 0 Å². The van der Waals surface area contributed by atoms with E-state index in [1.807, 2.05) is 0 Å². The van der Waals surface area contributed by atoms with Gasteiger partial charge >= 0.3 is 71.1 Å². The van der Waals surface area contributed by atoms with Crippen LogP contribution < -0.4 is 78.8 Å². The maximum Gasteiger partial charge on any atom is 1.00 e. The van der Waals surface area contributed by atoms with E-state index in [4.69, 9.17) is 9.47 Å². The van der Waals surface area contributed by atoms with Crippen LogP contribution in [0.3, 0.4) is 0 Å². The van der Waals surface area contributed by atoms with Crippen molar-refractivity contribution >= 4 is 43.6 Å². The molecule has 0 heterocycles. The second kappa shape index (κ2) is 17.3. The molecule has 16 heteroatoms. The summed E-state index contributed by atoms with van der Waals surface area (Å²) >= 11 is 0. The maximum absolute atomic E-state index is 13.2. The summed E-state index contributed by atoms with van der Waals surface area (Å²) in [5.74, 6) is -5.48. The van der Waals surface area contributed by atoms with Crippen molar-refractivity contribution in [3.63, 3.8) is 0 Å². The van der Waals surface area contributed by atoms with E-state index in [9.17, 15) is 46.2 Å². The molecular formula is C36H40Na2O12S2. The van der Waals surface area contributed by atoms with E-state index in [1.165, 1.54) is 76.2 Å². The van der Waals surface area contributed by atoms with Gasteiger partial charge in [0.15, 0.2) is 19.7 Å². The van der Waals surface area contributed by atoms with Gasteiger partial charge < -0.3 is 29.3 Å². The Morgan fingerprint density at radius 3 is 0.981 bits per heavy atom. The van der Waals surface area contributed by atoms with Gasteiger partial charge in [0.05, 0.1) is 32.1 Å². The number of rotatable bonds is 14. The van der Waals surface area contributed by atoms with Crippen LogP contribution in [0.15, 0.2) is 82.6 Å². The number of aliphatic carboxylic acids is 2. The normalized spacial score (nSPS) is 12.5.